The highest BCUT2D eigenvalue weighted by molar-refractivity contribution is 5.75. The summed E-state index contributed by atoms with van der Waals surface area (Å²) < 4.78 is 0. The van der Waals surface area contributed by atoms with Gasteiger partial charge in [-0.05, 0) is 45.4 Å². The van der Waals surface area contributed by atoms with Crippen LogP contribution in [0.25, 0.3) is 0 Å². The van der Waals surface area contributed by atoms with Gasteiger partial charge in [0.05, 0.1) is 6.04 Å². The van der Waals surface area contributed by atoms with Crippen molar-refractivity contribution < 1.29 is 4.79 Å². The van der Waals surface area contributed by atoms with E-state index in [9.17, 15) is 4.79 Å². The Morgan fingerprint density at radius 2 is 2.00 bits per heavy atom. The van der Waals surface area contributed by atoms with E-state index < -0.39 is 0 Å². The summed E-state index contributed by atoms with van der Waals surface area (Å²) in [5, 5.41) is 5.73. The van der Waals surface area contributed by atoms with E-state index in [1.807, 2.05) is 52.0 Å². The van der Waals surface area contributed by atoms with Gasteiger partial charge < -0.3 is 16.4 Å². The second kappa shape index (κ2) is 5.08. The van der Waals surface area contributed by atoms with E-state index in [0.29, 0.717) is 5.69 Å². The van der Waals surface area contributed by atoms with Gasteiger partial charge in [-0.1, -0.05) is 12.1 Å². The van der Waals surface area contributed by atoms with Crippen LogP contribution >= 0.6 is 0 Å². The Kier molecular flexibility index (Phi) is 3.99. The minimum atomic E-state index is -0.237. The molecule has 4 N–H and O–H groups in total. The molecular formula is C13H21N3O. The van der Waals surface area contributed by atoms with Gasteiger partial charge in [-0.15, -0.1) is 0 Å². The molecule has 4 nitrogen and oxygen atoms in total. The zero-order valence-corrected chi connectivity index (χ0v) is 10.9. The van der Waals surface area contributed by atoms with Gasteiger partial charge in [-0.25, -0.2) is 4.79 Å². The summed E-state index contributed by atoms with van der Waals surface area (Å²) in [7, 11) is 0. The molecule has 2 amide bonds. The van der Waals surface area contributed by atoms with Gasteiger partial charge in [-0.2, -0.15) is 0 Å². The van der Waals surface area contributed by atoms with Crippen molar-refractivity contribution in [1.29, 1.82) is 0 Å². The number of nitrogens with one attached hydrogen (secondary N) is 2. The highest BCUT2D eigenvalue weighted by atomic mass is 16.2. The molecule has 17 heavy (non-hydrogen) atoms. The van der Waals surface area contributed by atoms with Crippen LogP contribution in [0, 0.1) is 0 Å². The molecular weight excluding hydrogens is 214 g/mol. The average molecular weight is 235 g/mol. The van der Waals surface area contributed by atoms with Crippen LogP contribution < -0.4 is 16.4 Å². The van der Waals surface area contributed by atoms with Crippen molar-refractivity contribution in [1.82, 2.24) is 10.6 Å². The fourth-order valence-electron chi connectivity index (χ4n) is 1.48. The number of carbonyl (C=O) groups excluding carboxylic acids is 1. The molecule has 0 fully saturated rings. The second-order valence-corrected chi connectivity index (χ2v) is 5.24. The number of nitrogens with two attached hydrogens (primary N) is 1. The summed E-state index contributed by atoms with van der Waals surface area (Å²) in [5.74, 6) is 0. The quantitative estimate of drug-likeness (QED) is 0.689. The molecule has 1 unspecified atom stereocenters. The molecule has 0 aromatic heterocycles. The number of carbonyl (C=O) groups is 1. The van der Waals surface area contributed by atoms with Gasteiger partial charge in [0.1, 0.15) is 0 Å². The first-order valence-electron chi connectivity index (χ1n) is 5.72. The van der Waals surface area contributed by atoms with Crippen molar-refractivity contribution in [2.24, 2.45) is 0 Å². The molecule has 1 rings (SSSR count). The molecule has 94 valence electrons. The predicted molar refractivity (Wildman–Crippen MR) is 70.7 cm³/mol. The zero-order chi connectivity index (χ0) is 13.1. The molecule has 0 saturated carbocycles. The Bertz CT molecular complexity index is 396. The van der Waals surface area contributed by atoms with E-state index in [1.165, 1.54) is 0 Å². The first-order valence-corrected chi connectivity index (χ1v) is 5.72. The molecule has 0 spiro atoms. The molecule has 1 atom stereocenters. The third kappa shape index (κ3) is 4.76. The summed E-state index contributed by atoms with van der Waals surface area (Å²) in [6.45, 7) is 7.75. The summed E-state index contributed by atoms with van der Waals surface area (Å²) in [6.07, 6.45) is 0. The maximum atomic E-state index is 11.7. The fourth-order valence-corrected chi connectivity index (χ4v) is 1.48. The van der Waals surface area contributed by atoms with Crippen molar-refractivity contribution in [2.75, 3.05) is 5.73 Å². The summed E-state index contributed by atoms with van der Waals surface area (Å²) in [4.78, 5) is 11.7. The van der Waals surface area contributed by atoms with Crippen LogP contribution in [0.15, 0.2) is 24.3 Å². The van der Waals surface area contributed by atoms with E-state index in [2.05, 4.69) is 10.6 Å². The largest absolute Gasteiger partial charge is 0.399 e. The molecule has 0 aliphatic carbocycles. The zero-order valence-electron chi connectivity index (χ0n) is 10.9. The van der Waals surface area contributed by atoms with Crippen molar-refractivity contribution in [3.05, 3.63) is 29.8 Å². The Hall–Kier alpha value is -1.71. The molecule has 0 aliphatic rings. The minimum Gasteiger partial charge on any atom is -0.399 e. The van der Waals surface area contributed by atoms with Crippen molar-refractivity contribution in [3.8, 4) is 0 Å². The maximum absolute atomic E-state index is 11.7. The Morgan fingerprint density at radius 3 is 2.53 bits per heavy atom. The van der Waals surface area contributed by atoms with Gasteiger partial charge in [0, 0.05) is 11.2 Å². The SMILES string of the molecule is CC(NC(=O)NC(C)(C)C)c1cccc(N)c1. The van der Waals surface area contributed by atoms with Gasteiger partial charge >= 0.3 is 6.03 Å². The predicted octanol–water partition coefficient (Wildman–Crippen LogP) is 2.43. The number of amides is 2. The lowest BCUT2D eigenvalue weighted by atomic mass is 10.1. The van der Waals surface area contributed by atoms with Gasteiger partial charge in [0.25, 0.3) is 0 Å². The van der Waals surface area contributed by atoms with Crippen LogP contribution in [0.4, 0.5) is 10.5 Å². The normalized spacial score (nSPS) is 12.9. The van der Waals surface area contributed by atoms with Crippen LogP contribution in [0.2, 0.25) is 0 Å². The van der Waals surface area contributed by atoms with Crippen LogP contribution in [0.5, 0.6) is 0 Å². The minimum absolute atomic E-state index is 0.0687. The lowest BCUT2D eigenvalue weighted by molar-refractivity contribution is 0.229. The van der Waals surface area contributed by atoms with Gasteiger partial charge in [-0.3, -0.25) is 0 Å². The van der Waals surface area contributed by atoms with E-state index in [1.54, 1.807) is 0 Å². The molecule has 0 heterocycles. The van der Waals surface area contributed by atoms with Crippen LogP contribution in [0.1, 0.15) is 39.3 Å². The van der Waals surface area contributed by atoms with Crippen LogP contribution in [-0.2, 0) is 0 Å². The number of hydrogen-bond acceptors (Lipinski definition) is 2. The summed E-state index contributed by atoms with van der Waals surface area (Å²) >= 11 is 0. The van der Waals surface area contributed by atoms with Crippen LogP contribution in [-0.4, -0.2) is 11.6 Å². The highest BCUT2D eigenvalue weighted by Gasteiger charge is 2.15. The molecule has 0 saturated heterocycles. The third-order valence-corrected chi connectivity index (χ3v) is 2.25. The molecule has 4 heteroatoms. The van der Waals surface area contributed by atoms with Crippen LogP contribution in [0.3, 0.4) is 0 Å². The Morgan fingerprint density at radius 1 is 1.35 bits per heavy atom. The number of rotatable bonds is 2. The molecule has 1 aromatic rings. The van der Waals surface area contributed by atoms with E-state index >= 15 is 0 Å². The van der Waals surface area contributed by atoms with Gasteiger partial charge in [0.2, 0.25) is 0 Å². The highest BCUT2D eigenvalue weighted by Crippen LogP contribution is 2.15. The number of anilines is 1. The number of urea groups is 1. The number of benzene rings is 1. The average Bonchev–Trinajstić information content (AvgIpc) is 2.14. The van der Waals surface area contributed by atoms with E-state index in [0.717, 1.165) is 5.56 Å². The lowest BCUT2D eigenvalue weighted by Crippen LogP contribution is -2.47. The summed E-state index contributed by atoms with van der Waals surface area (Å²) in [6, 6.07) is 7.27. The first kappa shape index (κ1) is 13.4. The van der Waals surface area contributed by atoms with Crippen molar-refractivity contribution in [3.63, 3.8) is 0 Å². The standard InChI is InChI=1S/C13H21N3O/c1-9(10-6-5-7-11(14)8-10)15-12(17)16-13(2,3)4/h5-9H,14H2,1-4H3,(H2,15,16,17). The Labute approximate surface area is 103 Å². The lowest BCUT2D eigenvalue weighted by Gasteiger charge is -2.23. The molecule has 0 radical (unpaired) electrons. The monoisotopic (exact) mass is 235 g/mol. The molecule has 1 aromatic carbocycles. The number of nitrogen functional groups attached to an aromatic ring is 1. The van der Waals surface area contributed by atoms with Gasteiger partial charge in [0.15, 0.2) is 0 Å². The topological polar surface area (TPSA) is 67.2 Å². The molecule has 0 aliphatic heterocycles. The smallest absolute Gasteiger partial charge is 0.315 e. The maximum Gasteiger partial charge on any atom is 0.315 e. The van der Waals surface area contributed by atoms with E-state index in [-0.39, 0.29) is 17.6 Å². The fraction of sp³-hybridized carbons (Fsp3) is 0.462. The molecule has 0 bridgehead atoms. The second-order valence-electron chi connectivity index (χ2n) is 5.24. The Balaban J connectivity index is 2.61. The van der Waals surface area contributed by atoms with E-state index in [4.69, 9.17) is 5.73 Å². The third-order valence-electron chi connectivity index (χ3n) is 2.25. The van der Waals surface area contributed by atoms with Crippen molar-refractivity contribution in [2.45, 2.75) is 39.3 Å². The first-order chi connectivity index (χ1) is 7.78. The summed E-state index contributed by atoms with van der Waals surface area (Å²) in [5.41, 5.74) is 7.16. The van der Waals surface area contributed by atoms with Crippen molar-refractivity contribution >= 4 is 11.7 Å². The number of hydrogen-bond donors (Lipinski definition) is 3.